The minimum absolute atomic E-state index is 0. The lowest BCUT2D eigenvalue weighted by molar-refractivity contribution is 0.271. The first kappa shape index (κ1) is 17.5. The molecule has 1 aliphatic heterocycles. The van der Waals surface area contributed by atoms with Crippen LogP contribution in [0.2, 0.25) is 0 Å². The number of fused-ring (bicyclic) bond motifs is 1. The van der Waals surface area contributed by atoms with Crippen LogP contribution in [0.5, 0.6) is 5.75 Å². The minimum Gasteiger partial charge on any atom is -0.493 e. The quantitative estimate of drug-likeness (QED) is 0.821. The van der Waals surface area contributed by atoms with Gasteiger partial charge in [-0.2, -0.15) is 0 Å². The zero-order valence-electron chi connectivity index (χ0n) is 12.8. The molecule has 0 aromatic heterocycles. The summed E-state index contributed by atoms with van der Waals surface area (Å²) in [6.45, 7) is 6.61. The van der Waals surface area contributed by atoms with Crippen LogP contribution in [0.1, 0.15) is 13.8 Å². The van der Waals surface area contributed by atoms with E-state index in [1.807, 2.05) is 0 Å². The highest BCUT2D eigenvalue weighted by atomic mass is 35.5. The Kier molecular flexibility index (Phi) is 5.37. The van der Waals surface area contributed by atoms with Crippen molar-refractivity contribution in [3.8, 4) is 5.75 Å². The number of halogens is 1. The molecule has 2 unspecified atom stereocenters. The van der Waals surface area contributed by atoms with Crippen molar-refractivity contribution in [2.75, 3.05) is 19.7 Å². The minimum atomic E-state index is -3.42. The third-order valence-electron chi connectivity index (χ3n) is 4.10. The van der Waals surface area contributed by atoms with Crippen molar-refractivity contribution in [3.05, 3.63) is 24.3 Å². The molecule has 1 saturated carbocycles. The summed E-state index contributed by atoms with van der Waals surface area (Å²) in [6, 6.07) is 6.74. The highest BCUT2D eigenvalue weighted by Crippen LogP contribution is 2.42. The summed E-state index contributed by atoms with van der Waals surface area (Å²) in [4.78, 5) is 0.303. The van der Waals surface area contributed by atoms with Crippen LogP contribution in [-0.4, -0.2) is 34.2 Å². The van der Waals surface area contributed by atoms with E-state index < -0.39 is 10.0 Å². The van der Waals surface area contributed by atoms with Crippen LogP contribution >= 0.6 is 12.4 Å². The largest absolute Gasteiger partial charge is 0.493 e. The third-order valence-corrected chi connectivity index (χ3v) is 5.58. The molecule has 5 nitrogen and oxygen atoms in total. The van der Waals surface area contributed by atoms with E-state index in [9.17, 15) is 8.42 Å². The molecule has 1 saturated heterocycles. The number of ether oxygens (including phenoxy) is 1. The summed E-state index contributed by atoms with van der Waals surface area (Å²) in [5.41, 5.74) is 0. The van der Waals surface area contributed by atoms with Crippen LogP contribution in [0.4, 0.5) is 0 Å². The van der Waals surface area contributed by atoms with Crippen LogP contribution in [0.15, 0.2) is 29.2 Å². The lowest BCUT2D eigenvalue weighted by Crippen LogP contribution is -2.32. The lowest BCUT2D eigenvalue weighted by Gasteiger charge is -2.11. The summed E-state index contributed by atoms with van der Waals surface area (Å²) in [5, 5.41) is 3.26. The first-order chi connectivity index (χ1) is 9.97. The van der Waals surface area contributed by atoms with Crippen LogP contribution in [0.3, 0.4) is 0 Å². The Morgan fingerprint density at radius 3 is 2.36 bits per heavy atom. The van der Waals surface area contributed by atoms with Crippen molar-refractivity contribution in [2.45, 2.75) is 24.8 Å². The van der Waals surface area contributed by atoms with Crippen LogP contribution < -0.4 is 14.8 Å². The first-order valence-corrected chi connectivity index (χ1v) is 8.91. The normalized spacial score (nSPS) is 26.4. The number of sulfonamides is 1. The van der Waals surface area contributed by atoms with E-state index in [2.05, 4.69) is 23.9 Å². The van der Waals surface area contributed by atoms with Gasteiger partial charge in [-0.25, -0.2) is 13.1 Å². The first-order valence-electron chi connectivity index (χ1n) is 7.43. The van der Waals surface area contributed by atoms with E-state index in [1.165, 1.54) is 0 Å². The number of hydrogen-bond acceptors (Lipinski definition) is 4. The molecule has 0 amide bonds. The van der Waals surface area contributed by atoms with Crippen molar-refractivity contribution in [3.63, 3.8) is 0 Å². The highest BCUT2D eigenvalue weighted by molar-refractivity contribution is 7.89. The van der Waals surface area contributed by atoms with Gasteiger partial charge in [0.25, 0.3) is 0 Å². The van der Waals surface area contributed by atoms with Crippen LogP contribution in [0.25, 0.3) is 0 Å². The van der Waals surface area contributed by atoms with Gasteiger partial charge in [0.1, 0.15) is 5.75 Å². The van der Waals surface area contributed by atoms with Gasteiger partial charge in [0.05, 0.1) is 11.5 Å². The van der Waals surface area contributed by atoms with Crippen molar-refractivity contribution >= 4 is 22.4 Å². The fourth-order valence-electron chi connectivity index (χ4n) is 2.82. The molecule has 1 aromatic carbocycles. The Labute approximate surface area is 138 Å². The monoisotopic (exact) mass is 346 g/mol. The molecule has 2 atom stereocenters. The van der Waals surface area contributed by atoms with Crippen LogP contribution in [-0.2, 0) is 10.0 Å². The Balaban J connectivity index is 0.00000176. The Morgan fingerprint density at radius 2 is 1.82 bits per heavy atom. The molecule has 2 N–H and O–H groups in total. The summed E-state index contributed by atoms with van der Waals surface area (Å²) < 4.78 is 33.0. The lowest BCUT2D eigenvalue weighted by atomic mass is 10.2. The molecule has 0 bridgehead atoms. The van der Waals surface area contributed by atoms with Gasteiger partial charge in [-0.3, -0.25) is 0 Å². The standard InChI is InChI=1S/C15H22N2O3S.ClH/c1-10(2)9-20-11-3-5-12(6-4-11)21(18,19)17-15-13-7-16-8-14(13)15;/h3-6,10,13-17H,7-9H2,1-2H3;1H. The highest BCUT2D eigenvalue weighted by Gasteiger charge is 2.54. The van der Waals surface area contributed by atoms with Crippen molar-refractivity contribution in [2.24, 2.45) is 17.8 Å². The zero-order chi connectivity index (χ0) is 15.0. The van der Waals surface area contributed by atoms with E-state index in [1.54, 1.807) is 24.3 Å². The van der Waals surface area contributed by atoms with Crippen LogP contribution in [0, 0.1) is 17.8 Å². The smallest absolute Gasteiger partial charge is 0.240 e. The molecule has 124 valence electrons. The van der Waals surface area contributed by atoms with E-state index >= 15 is 0 Å². The number of piperidine rings is 1. The Hall–Kier alpha value is -0.820. The maximum Gasteiger partial charge on any atom is 0.240 e. The van der Waals surface area contributed by atoms with Crippen molar-refractivity contribution in [1.29, 1.82) is 0 Å². The van der Waals surface area contributed by atoms with Gasteiger partial charge in [0.15, 0.2) is 0 Å². The maximum atomic E-state index is 12.3. The Bertz CT molecular complexity index is 594. The van der Waals surface area contributed by atoms with E-state index in [0.29, 0.717) is 35.0 Å². The fourth-order valence-corrected chi connectivity index (χ4v) is 4.16. The maximum absolute atomic E-state index is 12.3. The summed E-state index contributed by atoms with van der Waals surface area (Å²) >= 11 is 0. The molecular weight excluding hydrogens is 324 g/mol. The van der Waals surface area contributed by atoms with E-state index in [4.69, 9.17) is 4.74 Å². The molecular formula is C15H23ClN2O3S. The topological polar surface area (TPSA) is 67.4 Å². The van der Waals surface area contributed by atoms with Gasteiger partial charge in [0.2, 0.25) is 10.0 Å². The fraction of sp³-hybridized carbons (Fsp3) is 0.600. The van der Waals surface area contributed by atoms with Gasteiger partial charge in [0, 0.05) is 6.04 Å². The summed E-state index contributed by atoms with van der Waals surface area (Å²) in [5.74, 6) is 2.08. The molecule has 2 fully saturated rings. The predicted octanol–water partition coefficient (Wildman–Crippen LogP) is 1.64. The number of nitrogens with one attached hydrogen (secondary N) is 2. The van der Waals surface area contributed by atoms with E-state index in [0.717, 1.165) is 13.1 Å². The number of hydrogen-bond donors (Lipinski definition) is 2. The molecule has 1 aliphatic carbocycles. The predicted molar refractivity (Wildman–Crippen MR) is 88.0 cm³/mol. The third kappa shape index (κ3) is 3.74. The molecule has 0 spiro atoms. The average molecular weight is 347 g/mol. The van der Waals surface area contributed by atoms with Gasteiger partial charge < -0.3 is 10.1 Å². The second kappa shape index (κ2) is 6.74. The number of benzene rings is 1. The number of rotatable bonds is 6. The zero-order valence-corrected chi connectivity index (χ0v) is 14.4. The molecule has 2 aliphatic rings. The Morgan fingerprint density at radius 1 is 1.23 bits per heavy atom. The average Bonchev–Trinajstić information content (AvgIpc) is 2.88. The molecule has 1 aromatic rings. The van der Waals surface area contributed by atoms with Gasteiger partial charge in [-0.05, 0) is 55.1 Å². The molecule has 3 rings (SSSR count). The summed E-state index contributed by atoms with van der Waals surface area (Å²) in [7, 11) is -3.42. The van der Waals surface area contributed by atoms with Gasteiger partial charge in [-0.15, -0.1) is 12.4 Å². The molecule has 1 heterocycles. The van der Waals surface area contributed by atoms with Gasteiger partial charge in [-0.1, -0.05) is 13.8 Å². The summed E-state index contributed by atoms with van der Waals surface area (Å²) in [6.07, 6.45) is 0. The van der Waals surface area contributed by atoms with Crippen molar-refractivity contribution < 1.29 is 13.2 Å². The molecule has 0 radical (unpaired) electrons. The molecule has 7 heteroatoms. The second-order valence-electron chi connectivity index (χ2n) is 6.31. The van der Waals surface area contributed by atoms with E-state index in [-0.39, 0.29) is 18.4 Å². The second-order valence-corrected chi connectivity index (χ2v) is 8.02. The van der Waals surface area contributed by atoms with Crippen molar-refractivity contribution in [1.82, 2.24) is 10.0 Å². The van der Waals surface area contributed by atoms with Gasteiger partial charge >= 0.3 is 0 Å². The molecule has 22 heavy (non-hydrogen) atoms. The SMILES string of the molecule is CC(C)COc1ccc(S(=O)(=O)NC2C3CNCC32)cc1.Cl.